The molecule has 0 aliphatic carbocycles. The maximum absolute atomic E-state index is 13.4. The number of nitrogens with zero attached hydrogens (tertiary/aromatic N) is 3. The van der Waals surface area contributed by atoms with Gasteiger partial charge in [0.25, 0.3) is 16.8 Å². The van der Waals surface area contributed by atoms with Gasteiger partial charge in [0.15, 0.2) is 0 Å². The summed E-state index contributed by atoms with van der Waals surface area (Å²) in [5.74, 6) is -1.75. The number of fused-ring (bicyclic) bond motifs is 1. The number of benzene rings is 3. The molecule has 3 aromatic carbocycles. The summed E-state index contributed by atoms with van der Waals surface area (Å²) in [6.45, 7) is -0.0610. The van der Waals surface area contributed by atoms with E-state index >= 15 is 0 Å². The Labute approximate surface area is 219 Å². The third kappa shape index (κ3) is 5.18. The molecule has 11 heteroatoms. The smallest absolute Gasteiger partial charge is 0.294 e. The van der Waals surface area contributed by atoms with Crippen molar-refractivity contribution < 1.29 is 23.7 Å². The largest absolute Gasteiger partial charge is 0.342 e. The molecule has 9 nitrogen and oxygen atoms in total. The first kappa shape index (κ1) is 24.9. The first-order chi connectivity index (χ1) is 18.3. The number of aromatic nitrogens is 1. The van der Waals surface area contributed by atoms with E-state index in [4.69, 9.17) is 0 Å². The van der Waals surface area contributed by atoms with Crippen LogP contribution in [0.5, 0.6) is 0 Å². The molecule has 0 saturated carbocycles. The van der Waals surface area contributed by atoms with Gasteiger partial charge in [-0.15, -0.1) is 0 Å². The molecule has 190 valence electrons. The van der Waals surface area contributed by atoms with E-state index in [1.807, 2.05) is 35.0 Å². The molecule has 1 N–H and O–H groups in total. The fourth-order valence-corrected chi connectivity index (χ4v) is 4.96. The number of para-hydroxylation sites is 1. The molecule has 0 unspecified atom stereocenters. The third-order valence-corrected chi connectivity index (χ3v) is 6.80. The van der Waals surface area contributed by atoms with Crippen LogP contribution in [0.1, 0.15) is 11.1 Å². The number of nitro groups is 1. The van der Waals surface area contributed by atoms with Gasteiger partial charge in [0.05, 0.1) is 9.83 Å². The lowest BCUT2D eigenvalue weighted by Crippen LogP contribution is -2.36. The fraction of sp³-hybridized carbons (Fsp3) is 0.0741. The lowest BCUT2D eigenvalue weighted by Gasteiger charge is -2.12. The summed E-state index contributed by atoms with van der Waals surface area (Å²) in [5.41, 5.74) is 2.67. The second-order valence-corrected chi connectivity index (χ2v) is 9.47. The van der Waals surface area contributed by atoms with Crippen molar-refractivity contribution in [2.45, 2.75) is 6.54 Å². The Bertz CT molecular complexity index is 1630. The molecule has 3 amide bonds. The van der Waals surface area contributed by atoms with Crippen LogP contribution in [-0.2, 0) is 16.1 Å². The Balaban J connectivity index is 1.36. The molecule has 0 radical (unpaired) electrons. The highest BCUT2D eigenvalue weighted by Crippen LogP contribution is 2.34. The molecule has 1 fully saturated rings. The molecule has 0 spiro atoms. The number of nitro benzene ring substituents is 1. The van der Waals surface area contributed by atoms with Crippen LogP contribution in [0.15, 0.2) is 83.9 Å². The molecular formula is C27H19FN4O5S. The Morgan fingerprint density at radius 2 is 1.82 bits per heavy atom. The Morgan fingerprint density at radius 3 is 2.55 bits per heavy atom. The zero-order chi connectivity index (χ0) is 26.8. The van der Waals surface area contributed by atoms with E-state index in [2.05, 4.69) is 5.32 Å². The number of halogens is 1. The van der Waals surface area contributed by atoms with E-state index in [-0.39, 0.29) is 16.3 Å². The van der Waals surface area contributed by atoms with Gasteiger partial charge in [0.2, 0.25) is 5.91 Å². The number of hydrogen-bond acceptors (Lipinski definition) is 6. The summed E-state index contributed by atoms with van der Waals surface area (Å²) in [6, 6.07) is 19.1. The number of amides is 3. The summed E-state index contributed by atoms with van der Waals surface area (Å²) in [4.78, 5) is 49.4. The van der Waals surface area contributed by atoms with Gasteiger partial charge in [0.1, 0.15) is 12.4 Å². The highest BCUT2D eigenvalue weighted by Gasteiger charge is 2.36. The number of rotatable bonds is 7. The fourth-order valence-electron chi connectivity index (χ4n) is 4.13. The van der Waals surface area contributed by atoms with Crippen LogP contribution < -0.4 is 5.32 Å². The summed E-state index contributed by atoms with van der Waals surface area (Å²) in [6.07, 6.45) is 3.46. The van der Waals surface area contributed by atoms with E-state index in [1.165, 1.54) is 30.3 Å². The van der Waals surface area contributed by atoms with E-state index in [1.54, 1.807) is 18.2 Å². The van der Waals surface area contributed by atoms with Gasteiger partial charge in [-0.1, -0.05) is 36.4 Å². The van der Waals surface area contributed by atoms with E-state index < -0.39 is 34.3 Å². The Kier molecular flexibility index (Phi) is 6.75. The number of carbonyl (C=O) groups excluding carboxylic acids is 3. The summed E-state index contributed by atoms with van der Waals surface area (Å²) < 4.78 is 15.3. The molecule has 4 aromatic rings. The third-order valence-electron chi connectivity index (χ3n) is 5.89. The molecule has 1 aliphatic heterocycles. The Morgan fingerprint density at radius 1 is 1.05 bits per heavy atom. The van der Waals surface area contributed by atoms with E-state index in [9.17, 15) is 28.9 Å². The molecule has 1 aliphatic rings. The van der Waals surface area contributed by atoms with Gasteiger partial charge in [0, 0.05) is 47.0 Å². The number of imide groups is 1. The first-order valence-electron chi connectivity index (χ1n) is 11.4. The van der Waals surface area contributed by atoms with Crippen molar-refractivity contribution >= 4 is 57.2 Å². The van der Waals surface area contributed by atoms with Crippen molar-refractivity contribution in [2.75, 3.05) is 11.9 Å². The van der Waals surface area contributed by atoms with Gasteiger partial charge in [-0.3, -0.25) is 29.4 Å². The molecule has 1 aromatic heterocycles. The quantitative estimate of drug-likeness (QED) is 0.194. The summed E-state index contributed by atoms with van der Waals surface area (Å²) in [7, 11) is 0. The van der Waals surface area contributed by atoms with Crippen molar-refractivity contribution in [3.63, 3.8) is 0 Å². The van der Waals surface area contributed by atoms with Crippen LogP contribution >= 0.6 is 11.8 Å². The van der Waals surface area contributed by atoms with Gasteiger partial charge in [-0.05, 0) is 47.7 Å². The Hall–Kier alpha value is -4.77. The zero-order valence-corrected chi connectivity index (χ0v) is 20.5. The number of nitrogens with one attached hydrogen (secondary N) is 1. The van der Waals surface area contributed by atoms with Crippen LogP contribution in [0, 0.1) is 15.9 Å². The van der Waals surface area contributed by atoms with Gasteiger partial charge in [-0.2, -0.15) is 0 Å². The number of carbonyl (C=O) groups is 3. The molecule has 2 heterocycles. The van der Waals surface area contributed by atoms with E-state index in [0.717, 1.165) is 39.2 Å². The van der Waals surface area contributed by atoms with Gasteiger partial charge < -0.3 is 9.88 Å². The first-order valence-corrected chi connectivity index (χ1v) is 12.2. The van der Waals surface area contributed by atoms with Crippen molar-refractivity contribution in [3.05, 3.63) is 111 Å². The number of hydrogen-bond donors (Lipinski definition) is 1. The number of anilines is 1. The molecule has 38 heavy (non-hydrogen) atoms. The summed E-state index contributed by atoms with van der Waals surface area (Å²) >= 11 is 0.739. The van der Waals surface area contributed by atoms with Crippen molar-refractivity contribution in [1.29, 1.82) is 0 Å². The highest BCUT2D eigenvalue weighted by molar-refractivity contribution is 8.18. The lowest BCUT2D eigenvalue weighted by atomic mass is 10.1. The van der Waals surface area contributed by atoms with Crippen LogP contribution in [0.3, 0.4) is 0 Å². The predicted molar refractivity (Wildman–Crippen MR) is 142 cm³/mol. The van der Waals surface area contributed by atoms with E-state index in [0.29, 0.717) is 12.1 Å². The molecular weight excluding hydrogens is 511 g/mol. The normalized spacial score (nSPS) is 14.4. The molecule has 0 bridgehead atoms. The molecule has 1 saturated heterocycles. The number of thioether (sulfide) groups is 1. The second kappa shape index (κ2) is 10.3. The minimum Gasteiger partial charge on any atom is -0.342 e. The van der Waals surface area contributed by atoms with Crippen LogP contribution in [0.2, 0.25) is 0 Å². The van der Waals surface area contributed by atoms with Gasteiger partial charge >= 0.3 is 0 Å². The molecule has 5 rings (SSSR count). The average Bonchev–Trinajstić information content (AvgIpc) is 3.36. The summed E-state index contributed by atoms with van der Waals surface area (Å²) in [5, 5.41) is 13.7. The van der Waals surface area contributed by atoms with Crippen molar-refractivity contribution in [3.8, 4) is 0 Å². The maximum atomic E-state index is 13.4. The standard InChI is InChI=1S/C27H19FN4O5S/c28-19-4-3-5-20(13-19)29-25(33)16-31-26(34)24(38-27(31)35)12-18-15-30(23-7-2-1-6-22(18)23)14-17-8-10-21(11-9-17)32(36)37/h1-13,15H,14,16H2,(H,29,33)/b24-12+. The monoisotopic (exact) mass is 530 g/mol. The number of non-ortho nitro benzene ring substituents is 1. The van der Waals surface area contributed by atoms with Gasteiger partial charge in [-0.25, -0.2) is 4.39 Å². The average molecular weight is 531 g/mol. The van der Waals surface area contributed by atoms with Crippen molar-refractivity contribution in [1.82, 2.24) is 9.47 Å². The highest BCUT2D eigenvalue weighted by atomic mass is 32.2. The second-order valence-electron chi connectivity index (χ2n) is 8.48. The lowest BCUT2D eigenvalue weighted by molar-refractivity contribution is -0.384. The van der Waals surface area contributed by atoms with Crippen LogP contribution in [0.25, 0.3) is 17.0 Å². The van der Waals surface area contributed by atoms with Crippen molar-refractivity contribution in [2.24, 2.45) is 0 Å². The minimum atomic E-state index is -0.626. The molecule has 0 atom stereocenters. The maximum Gasteiger partial charge on any atom is 0.294 e. The predicted octanol–water partition coefficient (Wildman–Crippen LogP) is 5.41. The van der Waals surface area contributed by atoms with Crippen LogP contribution in [-0.4, -0.2) is 38.0 Å². The zero-order valence-electron chi connectivity index (χ0n) is 19.7. The SMILES string of the molecule is O=C(CN1C(=O)S/C(=C/c2cn(Cc3ccc([N+](=O)[O-])cc3)c3ccccc23)C1=O)Nc1cccc(F)c1. The van der Waals surface area contributed by atoms with Crippen LogP contribution in [0.4, 0.5) is 20.6 Å². The topological polar surface area (TPSA) is 115 Å². The minimum absolute atomic E-state index is 0.00661.